The Labute approximate surface area is 109 Å². The number of rotatable bonds is 9. The van der Waals surface area contributed by atoms with Crippen LogP contribution in [0.25, 0.3) is 0 Å². The molecular formula is C16H33N. The first-order valence-corrected chi connectivity index (χ1v) is 8.03. The molecule has 0 aromatic heterocycles. The second-order valence-corrected chi connectivity index (χ2v) is 5.92. The Kier molecular flexibility index (Phi) is 7.92. The summed E-state index contributed by atoms with van der Waals surface area (Å²) < 4.78 is 0. The normalized spacial score (nSPS) is 28.8. The third-order valence-electron chi connectivity index (χ3n) is 4.62. The van der Waals surface area contributed by atoms with Gasteiger partial charge in [-0.1, -0.05) is 65.7 Å². The van der Waals surface area contributed by atoms with Gasteiger partial charge in [-0.25, -0.2) is 0 Å². The third-order valence-corrected chi connectivity index (χ3v) is 4.62. The monoisotopic (exact) mass is 239 g/mol. The maximum atomic E-state index is 3.64. The summed E-state index contributed by atoms with van der Waals surface area (Å²) in [5.41, 5.74) is 0. The van der Waals surface area contributed by atoms with Gasteiger partial charge in [-0.05, 0) is 31.2 Å². The van der Waals surface area contributed by atoms with Crippen LogP contribution in [0.2, 0.25) is 0 Å². The molecule has 0 radical (unpaired) electrons. The first-order valence-electron chi connectivity index (χ1n) is 8.03. The van der Waals surface area contributed by atoms with E-state index in [1.807, 2.05) is 0 Å². The fourth-order valence-electron chi connectivity index (χ4n) is 3.39. The molecule has 1 saturated carbocycles. The Morgan fingerprint density at radius 2 is 1.65 bits per heavy atom. The summed E-state index contributed by atoms with van der Waals surface area (Å²) in [5, 5.41) is 3.64. The van der Waals surface area contributed by atoms with Crippen LogP contribution in [-0.4, -0.2) is 12.6 Å². The summed E-state index contributed by atoms with van der Waals surface area (Å²) in [6, 6.07) is 0.810. The smallest absolute Gasteiger partial charge is 0.00953 e. The van der Waals surface area contributed by atoms with Gasteiger partial charge >= 0.3 is 0 Å². The summed E-state index contributed by atoms with van der Waals surface area (Å²) in [6.45, 7) is 8.12. The summed E-state index contributed by atoms with van der Waals surface area (Å²) in [4.78, 5) is 0. The van der Waals surface area contributed by atoms with E-state index < -0.39 is 0 Å². The van der Waals surface area contributed by atoms with E-state index in [0.29, 0.717) is 0 Å². The molecule has 3 unspecified atom stereocenters. The van der Waals surface area contributed by atoms with E-state index in [1.54, 1.807) is 0 Å². The molecule has 3 atom stereocenters. The predicted molar refractivity (Wildman–Crippen MR) is 77.3 cm³/mol. The van der Waals surface area contributed by atoms with E-state index >= 15 is 0 Å². The van der Waals surface area contributed by atoms with Crippen LogP contribution in [0.3, 0.4) is 0 Å². The summed E-state index contributed by atoms with van der Waals surface area (Å²) in [5.74, 6) is 1.91. The zero-order valence-electron chi connectivity index (χ0n) is 12.3. The van der Waals surface area contributed by atoms with Gasteiger partial charge in [0.25, 0.3) is 0 Å². The zero-order valence-corrected chi connectivity index (χ0v) is 12.3. The highest BCUT2D eigenvalue weighted by Gasteiger charge is 2.31. The average Bonchev–Trinajstić information content (AvgIpc) is 2.67. The minimum Gasteiger partial charge on any atom is -0.314 e. The maximum absolute atomic E-state index is 3.64. The van der Waals surface area contributed by atoms with Crippen LogP contribution in [0.1, 0.15) is 78.6 Å². The molecule has 1 heteroatoms. The van der Waals surface area contributed by atoms with Gasteiger partial charge in [0, 0.05) is 6.04 Å². The second-order valence-electron chi connectivity index (χ2n) is 5.92. The van der Waals surface area contributed by atoms with Crippen molar-refractivity contribution in [3.05, 3.63) is 0 Å². The lowest BCUT2D eigenvalue weighted by atomic mass is 9.90. The summed E-state index contributed by atoms with van der Waals surface area (Å²) >= 11 is 0. The average molecular weight is 239 g/mol. The molecule has 0 aromatic carbocycles. The molecule has 102 valence electrons. The molecule has 1 aliphatic rings. The quantitative estimate of drug-likeness (QED) is 0.572. The van der Waals surface area contributed by atoms with Gasteiger partial charge in [0.2, 0.25) is 0 Å². The molecular weight excluding hydrogens is 206 g/mol. The highest BCUT2D eigenvalue weighted by Crippen LogP contribution is 2.35. The number of nitrogens with one attached hydrogen (secondary N) is 1. The van der Waals surface area contributed by atoms with E-state index in [9.17, 15) is 0 Å². The topological polar surface area (TPSA) is 12.0 Å². The Bertz CT molecular complexity index is 178. The summed E-state index contributed by atoms with van der Waals surface area (Å²) in [7, 11) is 0. The minimum atomic E-state index is 0.810. The first-order chi connectivity index (χ1) is 8.29. The fraction of sp³-hybridized carbons (Fsp3) is 1.00. The van der Waals surface area contributed by atoms with Gasteiger partial charge in [-0.15, -0.1) is 0 Å². The third kappa shape index (κ3) is 5.42. The van der Waals surface area contributed by atoms with Crippen molar-refractivity contribution < 1.29 is 0 Å². The van der Waals surface area contributed by atoms with Crippen molar-refractivity contribution in [2.24, 2.45) is 11.8 Å². The van der Waals surface area contributed by atoms with Gasteiger partial charge in [0.1, 0.15) is 0 Å². The standard InChI is InChI=1S/C16H33N/c1-4-6-7-8-9-10-11-15-12-13-16(14(15)3)17-5-2/h14-17H,4-13H2,1-3H3. The van der Waals surface area contributed by atoms with Crippen molar-refractivity contribution in [1.29, 1.82) is 0 Å². The zero-order chi connectivity index (χ0) is 12.5. The minimum absolute atomic E-state index is 0.810. The lowest BCUT2D eigenvalue weighted by molar-refractivity contribution is 0.330. The molecule has 0 bridgehead atoms. The lowest BCUT2D eigenvalue weighted by Gasteiger charge is -2.21. The Balaban J connectivity index is 2.04. The molecule has 1 N–H and O–H groups in total. The predicted octanol–water partition coefficient (Wildman–Crippen LogP) is 4.76. The Hall–Kier alpha value is -0.0400. The van der Waals surface area contributed by atoms with E-state index in [-0.39, 0.29) is 0 Å². The van der Waals surface area contributed by atoms with Gasteiger partial charge in [0.05, 0.1) is 0 Å². The molecule has 0 spiro atoms. The van der Waals surface area contributed by atoms with Crippen molar-refractivity contribution in [1.82, 2.24) is 5.32 Å². The molecule has 0 saturated heterocycles. The molecule has 1 aliphatic carbocycles. The van der Waals surface area contributed by atoms with Crippen molar-refractivity contribution in [2.45, 2.75) is 84.6 Å². The number of unbranched alkanes of at least 4 members (excludes halogenated alkanes) is 5. The van der Waals surface area contributed by atoms with Gasteiger partial charge in [-0.2, -0.15) is 0 Å². The maximum Gasteiger partial charge on any atom is 0.00953 e. The van der Waals surface area contributed by atoms with Crippen LogP contribution in [0.5, 0.6) is 0 Å². The van der Waals surface area contributed by atoms with Crippen LogP contribution in [-0.2, 0) is 0 Å². The van der Waals surface area contributed by atoms with Crippen LogP contribution >= 0.6 is 0 Å². The molecule has 0 aromatic rings. The number of hydrogen-bond donors (Lipinski definition) is 1. The van der Waals surface area contributed by atoms with E-state index in [1.165, 1.54) is 57.8 Å². The fourth-order valence-corrected chi connectivity index (χ4v) is 3.39. The first kappa shape index (κ1) is 15.0. The van der Waals surface area contributed by atoms with Crippen molar-refractivity contribution in [3.63, 3.8) is 0 Å². The largest absolute Gasteiger partial charge is 0.314 e. The SMILES string of the molecule is CCCCCCCCC1CCC(NCC)C1C. The van der Waals surface area contributed by atoms with Gasteiger partial charge in [0.15, 0.2) is 0 Å². The number of hydrogen-bond acceptors (Lipinski definition) is 1. The Morgan fingerprint density at radius 1 is 0.941 bits per heavy atom. The molecule has 0 aliphatic heterocycles. The van der Waals surface area contributed by atoms with Crippen molar-refractivity contribution >= 4 is 0 Å². The van der Waals surface area contributed by atoms with Gasteiger partial charge < -0.3 is 5.32 Å². The molecule has 0 amide bonds. The van der Waals surface area contributed by atoms with E-state index in [4.69, 9.17) is 0 Å². The second kappa shape index (κ2) is 8.97. The summed E-state index contributed by atoms with van der Waals surface area (Å²) in [6.07, 6.45) is 13.0. The molecule has 0 heterocycles. The van der Waals surface area contributed by atoms with Crippen LogP contribution in [0.15, 0.2) is 0 Å². The molecule has 1 fully saturated rings. The van der Waals surface area contributed by atoms with Crippen molar-refractivity contribution in [3.8, 4) is 0 Å². The van der Waals surface area contributed by atoms with Crippen LogP contribution < -0.4 is 5.32 Å². The van der Waals surface area contributed by atoms with Crippen LogP contribution in [0.4, 0.5) is 0 Å². The Morgan fingerprint density at radius 3 is 2.35 bits per heavy atom. The molecule has 1 rings (SSSR count). The lowest BCUT2D eigenvalue weighted by Crippen LogP contribution is -2.32. The molecule has 1 nitrogen and oxygen atoms in total. The van der Waals surface area contributed by atoms with Gasteiger partial charge in [-0.3, -0.25) is 0 Å². The van der Waals surface area contributed by atoms with Crippen LogP contribution in [0, 0.1) is 11.8 Å². The van der Waals surface area contributed by atoms with E-state index in [0.717, 1.165) is 24.4 Å². The van der Waals surface area contributed by atoms with Crippen molar-refractivity contribution in [2.75, 3.05) is 6.54 Å². The molecule has 17 heavy (non-hydrogen) atoms. The van der Waals surface area contributed by atoms with E-state index in [2.05, 4.69) is 26.1 Å². The highest BCUT2D eigenvalue weighted by atomic mass is 14.9. The highest BCUT2D eigenvalue weighted by molar-refractivity contribution is 4.86.